The van der Waals surface area contributed by atoms with Crippen LogP contribution in [0.4, 0.5) is 4.39 Å². The molecule has 0 fully saturated rings. The van der Waals surface area contributed by atoms with E-state index in [9.17, 15) is 4.39 Å². The summed E-state index contributed by atoms with van der Waals surface area (Å²) in [5.74, 6) is 0.0196. The summed E-state index contributed by atoms with van der Waals surface area (Å²) in [7, 11) is 0. The van der Waals surface area contributed by atoms with Gasteiger partial charge in [0.15, 0.2) is 0 Å². The van der Waals surface area contributed by atoms with Crippen LogP contribution in [0.25, 0.3) is 5.57 Å². The SMILES string of the molecule is C=CC/C=C(/c1ccc(C)cc1)C(C)c1ccc(F)cc1.CC. The molecule has 1 heteroatoms. The molecule has 0 aliphatic carbocycles. The molecule has 0 aliphatic heterocycles. The van der Waals surface area contributed by atoms with Gasteiger partial charge in [0.05, 0.1) is 0 Å². The topological polar surface area (TPSA) is 0 Å². The second-order valence-corrected chi connectivity index (χ2v) is 5.32. The summed E-state index contributed by atoms with van der Waals surface area (Å²) in [5, 5.41) is 0. The first-order valence-corrected chi connectivity index (χ1v) is 8.25. The molecule has 23 heavy (non-hydrogen) atoms. The molecule has 0 aromatic heterocycles. The average molecular weight is 310 g/mol. The number of rotatable bonds is 5. The van der Waals surface area contributed by atoms with Crippen molar-refractivity contribution in [2.45, 2.75) is 40.0 Å². The first-order valence-electron chi connectivity index (χ1n) is 8.25. The highest BCUT2D eigenvalue weighted by Crippen LogP contribution is 2.32. The molecule has 0 bridgehead atoms. The van der Waals surface area contributed by atoms with E-state index >= 15 is 0 Å². The quantitative estimate of drug-likeness (QED) is 0.525. The molecule has 0 saturated heterocycles. The molecular weight excluding hydrogens is 283 g/mol. The van der Waals surface area contributed by atoms with Crippen LogP contribution >= 0.6 is 0 Å². The third kappa shape index (κ3) is 5.52. The fourth-order valence-corrected chi connectivity index (χ4v) is 2.43. The van der Waals surface area contributed by atoms with Crippen LogP contribution in [0, 0.1) is 12.7 Å². The standard InChI is InChI=1S/C20H21F.C2H6/c1-4-5-6-20(18-9-7-15(2)8-10-18)16(3)17-11-13-19(21)14-12-17;1-2/h4,6-14,16H,1,5H2,2-3H3;1-2H3/b20-6+;. The minimum absolute atomic E-state index is 0.196. The lowest BCUT2D eigenvalue weighted by molar-refractivity contribution is 0.627. The summed E-state index contributed by atoms with van der Waals surface area (Å²) in [6.45, 7) is 12.0. The smallest absolute Gasteiger partial charge is 0.123 e. The van der Waals surface area contributed by atoms with E-state index in [-0.39, 0.29) is 11.7 Å². The molecule has 0 saturated carbocycles. The third-order valence-electron chi connectivity index (χ3n) is 3.73. The fourth-order valence-electron chi connectivity index (χ4n) is 2.43. The monoisotopic (exact) mass is 310 g/mol. The van der Waals surface area contributed by atoms with Crippen molar-refractivity contribution < 1.29 is 4.39 Å². The molecule has 0 amide bonds. The summed E-state index contributed by atoms with van der Waals surface area (Å²) >= 11 is 0. The van der Waals surface area contributed by atoms with E-state index in [2.05, 4.69) is 50.8 Å². The maximum absolute atomic E-state index is 13.1. The van der Waals surface area contributed by atoms with Crippen LogP contribution in [-0.2, 0) is 0 Å². The van der Waals surface area contributed by atoms with Gasteiger partial charge in [-0.05, 0) is 42.2 Å². The van der Waals surface area contributed by atoms with Crippen molar-refractivity contribution >= 4 is 5.57 Å². The number of benzene rings is 2. The summed E-state index contributed by atoms with van der Waals surface area (Å²) in [6.07, 6.45) is 4.92. The second kappa shape index (κ2) is 9.78. The molecule has 0 spiro atoms. The van der Waals surface area contributed by atoms with Crippen LogP contribution in [0.15, 0.2) is 67.3 Å². The highest BCUT2D eigenvalue weighted by atomic mass is 19.1. The zero-order valence-corrected chi connectivity index (χ0v) is 14.6. The van der Waals surface area contributed by atoms with E-state index in [1.54, 1.807) is 0 Å². The van der Waals surface area contributed by atoms with E-state index in [0.29, 0.717) is 0 Å². The highest BCUT2D eigenvalue weighted by molar-refractivity contribution is 5.71. The Kier molecular flexibility index (Phi) is 8.04. The first-order chi connectivity index (χ1) is 11.1. The molecule has 122 valence electrons. The van der Waals surface area contributed by atoms with Gasteiger partial charge in [-0.15, -0.1) is 6.58 Å². The molecule has 1 unspecified atom stereocenters. The predicted octanol–water partition coefficient (Wildman–Crippen LogP) is 6.92. The first kappa shape index (κ1) is 18.9. The van der Waals surface area contributed by atoms with E-state index in [0.717, 1.165) is 12.0 Å². The van der Waals surface area contributed by atoms with Crippen LogP contribution in [0.3, 0.4) is 0 Å². The van der Waals surface area contributed by atoms with Crippen LogP contribution in [0.2, 0.25) is 0 Å². The Morgan fingerprint density at radius 3 is 2.13 bits per heavy atom. The number of hydrogen-bond acceptors (Lipinski definition) is 0. The molecule has 2 aromatic carbocycles. The fraction of sp³-hybridized carbons (Fsp3) is 0.273. The van der Waals surface area contributed by atoms with Crippen LogP contribution < -0.4 is 0 Å². The van der Waals surface area contributed by atoms with Gasteiger partial charge in [0.1, 0.15) is 5.82 Å². The zero-order chi connectivity index (χ0) is 17.2. The van der Waals surface area contributed by atoms with Gasteiger partial charge in [-0.2, -0.15) is 0 Å². The van der Waals surface area contributed by atoms with Crippen molar-refractivity contribution in [3.05, 3.63) is 89.8 Å². The third-order valence-corrected chi connectivity index (χ3v) is 3.73. The molecule has 0 nitrogen and oxygen atoms in total. The van der Waals surface area contributed by atoms with E-state index < -0.39 is 0 Å². The zero-order valence-electron chi connectivity index (χ0n) is 14.6. The molecule has 2 aromatic rings. The summed E-state index contributed by atoms with van der Waals surface area (Å²) in [4.78, 5) is 0. The van der Waals surface area contributed by atoms with Crippen LogP contribution in [0.1, 0.15) is 49.8 Å². The Bertz CT molecular complexity index is 618. The van der Waals surface area contributed by atoms with E-state index in [1.165, 1.54) is 28.8 Å². The predicted molar refractivity (Wildman–Crippen MR) is 100 cm³/mol. The molecule has 0 N–H and O–H groups in total. The van der Waals surface area contributed by atoms with Crippen molar-refractivity contribution in [2.24, 2.45) is 0 Å². The van der Waals surface area contributed by atoms with E-state index in [1.807, 2.05) is 32.1 Å². The molecular formula is C22H27F. The Labute approximate surface area is 140 Å². The molecule has 2 rings (SSSR count). The maximum Gasteiger partial charge on any atom is 0.123 e. The van der Waals surface area contributed by atoms with Gasteiger partial charge >= 0.3 is 0 Å². The summed E-state index contributed by atoms with van der Waals surface area (Å²) < 4.78 is 13.1. The lowest BCUT2D eigenvalue weighted by atomic mass is 9.87. The van der Waals surface area contributed by atoms with Gasteiger partial charge in [0, 0.05) is 5.92 Å². The van der Waals surface area contributed by atoms with Crippen molar-refractivity contribution in [3.63, 3.8) is 0 Å². The van der Waals surface area contributed by atoms with Gasteiger partial charge in [0.25, 0.3) is 0 Å². The van der Waals surface area contributed by atoms with Crippen molar-refractivity contribution in [2.75, 3.05) is 0 Å². The molecule has 0 aliphatic rings. The largest absolute Gasteiger partial charge is 0.207 e. The van der Waals surface area contributed by atoms with Gasteiger partial charge in [-0.25, -0.2) is 4.39 Å². The highest BCUT2D eigenvalue weighted by Gasteiger charge is 2.13. The lowest BCUT2D eigenvalue weighted by Crippen LogP contribution is -1.98. The van der Waals surface area contributed by atoms with E-state index in [4.69, 9.17) is 0 Å². The summed E-state index contributed by atoms with van der Waals surface area (Å²) in [6, 6.07) is 15.3. The minimum atomic E-state index is -0.196. The number of allylic oxidation sites excluding steroid dienone is 3. The lowest BCUT2D eigenvalue weighted by Gasteiger charge is -2.17. The van der Waals surface area contributed by atoms with Crippen molar-refractivity contribution in [1.82, 2.24) is 0 Å². The summed E-state index contributed by atoms with van der Waals surface area (Å²) in [5.41, 5.74) is 4.82. The Hall–Kier alpha value is -2.15. The van der Waals surface area contributed by atoms with Gasteiger partial charge in [-0.1, -0.05) is 74.9 Å². The Morgan fingerprint density at radius 1 is 1.04 bits per heavy atom. The Morgan fingerprint density at radius 2 is 1.61 bits per heavy atom. The molecule has 1 atom stereocenters. The van der Waals surface area contributed by atoms with Gasteiger partial charge < -0.3 is 0 Å². The van der Waals surface area contributed by atoms with Crippen LogP contribution in [0.5, 0.6) is 0 Å². The average Bonchev–Trinajstić information content (AvgIpc) is 2.59. The van der Waals surface area contributed by atoms with Gasteiger partial charge in [-0.3, -0.25) is 0 Å². The van der Waals surface area contributed by atoms with Gasteiger partial charge in [0.2, 0.25) is 0 Å². The van der Waals surface area contributed by atoms with Crippen molar-refractivity contribution in [3.8, 4) is 0 Å². The second-order valence-electron chi connectivity index (χ2n) is 5.32. The maximum atomic E-state index is 13.1. The number of hydrogen-bond donors (Lipinski definition) is 0. The molecule has 0 heterocycles. The number of aryl methyl sites for hydroxylation is 1. The normalized spacial score (nSPS) is 12.1. The number of halogens is 1. The molecule has 0 radical (unpaired) electrons. The van der Waals surface area contributed by atoms with Crippen molar-refractivity contribution in [1.29, 1.82) is 0 Å². The van der Waals surface area contributed by atoms with Crippen LogP contribution in [-0.4, -0.2) is 0 Å². The minimum Gasteiger partial charge on any atom is -0.207 e. The Balaban J connectivity index is 0.00000127.